The van der Waals surface area contributed by atoms with E-state index in [1.54, 1.807) is 0 Å². The Morgan fingerprint density at radius 3 is 2.94 bits per heavy atom. The number of ether oxygens (including phenoxy) is 1. The molecule has 2 bridgehead atoms. The van der Waals surface area contributed by atoms with Gasteiger partial charge < -0.3 is 20.1 Å². The monoisotopic (exact) mass is 264 g/mol. The summed E-state index contributed by atoms with van der Waals surface area (Å²) in [5.41, 5.74) is 0.459. The van der Waals surface area contributed by atoms with E-state index >= 15 is 0 Å². The number of benzene rings is 1. The number of aliphatic hydroxyl groups is 1. The zero-order valence-electron chi connectivity index (χ0n) is 10.4. The average molecular weight is 264 g/mol. The summed E-state index contributed by atoms with van der Waals surface area (Å²) in [6.45, 7) is 2.03. The van der Waals surface area contributed by atoms with Gasteiger partial charge in [0, 0.05) is 12.6 Å². The smallest absolute Gasteiger partial charge is 0.189 e. The van der Waals surface area contributed by atoms with Gasteiger partial charge in [-0.25, -0.2) is 0 Å². The molecule has 2 heterocycles. The number of nitrogens with zero attached hydrogens (tertiary/aromatic N) is 1. The second-order valence-electron chi connectivity index (χ2n) is 4.97. The molecule has 0 aromatic heterocycles. The molecule has 0 saturated carbocycles. The van der Waals surface area contributed by atoms with Gasteiger partial charge in [-0.1, -0.05) is 18.2 Å². The molecule has 1 aromatic rings. The highest BCUT2D eigenvalue weighted by molar-refractivity contribution is 7.80. The lowest BCUT2D eigenvalue weighted by Gasteiger charge is -2.55. The van der Waals surface area contributed by atoms with Crippen LogP contribution in [0.25, 0.3) is 0 Å². The van der Waals surface area contributed by atoms with E-state index in [0.29, 0.717) is 5.11 Å². The fourth-order valence-electron chi connectivity index (χ4n) is 2.86. The highest BCUT2D eigenvalue weighted by atomic mass is 32.1. The molecular weight excluding hydrogens is 248 g/mol. The van der Waals surface area contributed by atoms with E-state index in [1.165, 1.54) is 0 Å². The summed E-state index contributed by atoms with van der Waals surface area (Å²) < 4.78 is 6.11. The van der Waals surface area contributed by atoms with Gasteiger partial charge in [0.1, 0.15) is 5.75 Å². The molecule has 1 fully saturated rings. The molecule has 2 aliphatic heterocycles. The van der Waals surface area contributed by atoms with Crippen molar-refractivity contribution < 1.29 is 9.84 Å². The van der Waals surface area contributed by atoms with Gasteiger partial charge in [0.15, 0.2) is 10.8 Å². The molecule has 2 N–H and O–H groups in total. The van der Waals surface area contributed by atoms with Crippen molar-refractivity contribution in [2.75, 3.05) is 13.7 Å². The van der Waals surface area contributed by atoms with Gasteiger partial charge in [-0.3, -0.25) is 0 Å². The zero-order valence-corrected chi connectivity index (χ0v) is 11.2. The van der Waals surface area contributed by atoms with Crippen LogP contribution in [0.3, 0.4) is 0 Å². The molecule has 4 nitrogen and oxygen atoms in total. The number of aliphatic hydroxyl groups excluding tert-OH is 1. The van der Waals surface area contributed by atoms with Crippen LogP contribution in [-0.4, -0.2) is 34.5 Å². The van der Waals surface area contributed by atoms with Gasteiger partial charge in [-0.05, 0) is 25.2 Å². The Balaban J connectivity index is 2.16. The molecule has 0 unspecified atom stereocenters. The van der Waals surface area contributed by atoms with Gasteiger partial charge in [0.2, 0.25) is 0 Å². The normalized spacial score (nSPS) is 33.5. The first-order valence-electron chi connectivity index (χ1n) is 6.01. The summed E-state index contributed by atoms with van der Waals surface area (Å²) >= 11 is 5.34. The fraction of sp³-hybridized carbons (Fsp3) is 0.462. The molecule has 18 heavy (non-hydrogen) atoms. The van der Waals surface area contributed by atoms with Gasteiger partial charge >= 0.3 is 0 Å². The minimum absolute atomic E-state index is 0.00801. The van der Waals surface area contributed by atoms with Gasteiger partial charge in [0.05, 0.1) is 18.6 Å². The maximum atomic E-state index is 9.70. The lowest BCUT2D eigenvalue weighted by Crippen LogP contribution is -2.69. The Hall–Kier alpha value is -1.33. The van der Waals surface area contributed by atoms with Crippen molar-refractivity contribution in [3.8, 4) is 5.75 Å². The maximum Gasteiger partial charge on any atom is 0.189 e. The number of fused-ring (bicyclic) bond motifs is 4. The van der Waals surface area contributed by atoms with Crippen molar-refractivity contribution >= 4 is 17.3 Å². The third-order valence-corrected chi connectivity index (χ3v) is 4.50. The third kappa shape index (κ3) is 1.37. The Bertz CT molecular complexity index is 508. The van der Waals surface area contributed by atoms with Crippen LogP contribution in [0.15, 0.2) is 24.3 Å². The van der Waals surface area contributed by atoms with Crippen molar-refractivity contribution in [3.05, 3.63) is 29.8 Å². The van der Waals surface area contributed by atoms with Crippen LogP contribution < -0.4 is 10.1 Å². The summed E-state index contributed by atoms with van der Waals surface area (Å²) in [6.07, 6.45) is 0. The Morgan fingerprint density at radius 1 is 1.50 bits per heavy atom. The van der Waals surface area contributed by atoms with Crippen molar-refractivity contribution in [2.45, 2.75) is 18.7 Å². The number of thiocarbonyl (C=S) groups is 1. The fourth-order valence-corrected chi connectivity index (χ4v) is 3.16. The number of hydrogen-bond donors (Lipinski definition) is 2. The average Bonchev–Trinajstić information content (AvgIpc) is 2.36. The van der Waals surface area contributed by atoms with Crippen molar-refractivity contribution in [1.29, 1.82) is 0 Å². The predicted molar refractivity (Wildman–Crippen MR) is 72.3 cm³/mol. The Labute approximate surface area is 112 Å². The minimum atomic E-state index is -0.601. The summed E-state index contributed by atoms with van der Waals surface area (Å²) in [5, 5.41) is 13.7. The Kier molecular flexibility index (Phi) is 2.50. The topological polar surface area (TPSA) is 44.7 Å². The molecule has 2 aliphatic rings. The van der Waals surface area contributed by atoms with Crippen LogP contribution >= 0.6 is 12.2 Å². The molecule has 1 saturated heterocycles. The SMILES string of the molecule is CN1C(=S)N[C@@H]2c3ccccc3O[C@@]1(C)[C@@H]2CO. The lowest BCUT2D eigenvalue weighted by molar-refractivity contribution is -0.121. The first-order valence-corrected chi connectivity index (χ1v) is 6.42. The summed E-state index contributed by atoms with van der Waals surface area (Å²) in [6, 6.07) is 7.91. The second-order valence-corrected chi connectivity index (χ2v) is 5.36. The molecule has 0 radical (unpaired) electrons. The zero-order chi connectivity index (χ0) is 12.9. The predicted octanol–water partition coefficient (Wildman–Crippen LogP) is 1.26. The van der Waals surface area contributed by atoms with Crippen LogP contribution in [0.4, 0.5) is 0 Å². The van der Waals surface area contributed by atoms with E-state index in [-0.39, 0.29) is 18.6 Å². The molecule has 3 rings (SSSR count). The molecule has 0 spiro atoms. The van der Waals surface area contributed by atoms with Crippen molar-refractivity contribution in [1.82, 2.24) is 10.2 Å². The molecular formula is C13H16N2O2S. The largest absolute Gasteiger partial charge is 0.467 e. The van der Waals surface area contributed by atoms with E-state index in [1.807, 2.05) is 43.1 Å². The quantitative estimate of drug-likeness (QED) is 0.748. The standard InChI is InChI=1S/C13H16N2O2S/c1-13-9(7-16)11(14-12(18)15(13)2)8-5-3-4-6-10(8)17-13/h3-6,9,11,16H,7H2,1-2H3,(H,14,18)/t9-,11-,13+/m1/s1. The van der Waals surface area contributed by atoms with Crippen LogP contribution in [0.5, 0.6) is 5.75 Å². The number of nitrogens with one attached hydrogen (secondary N) is 1. The van der Waals surface area contributed by atoms with Crippen LogP contribution in [-0.2, 0) is 0 Å². The third-order valence-electron chi connectivity index (χ3n) is 4.11. The molecule has 1 aromatic carbocycles. The van der Waals surface area contributed by atoms with E-state index in [9.17, 15) is 5.11 Å². The van der Waals surface area contributed by atoms with Gasteiger partial charge in [-0.2, -0.15) is 0 Å². The van der Waals surface area contributed by atoms with Crippen LogP contribution in [0.1, 0.15) is 18.5 Å². The van der Waals surface area contributed by atoms with E-state index in [0.717, 1.165) is 11.3 Å². The van der Waals surface area contributed by atoms with Gasteiger partial charge in [-0.15, -0.1) is 0 Å². The van der Waals surface area contributed by atoms with E-state index in [4.69, 9.17) is 17.0 Å². The highest BCUT2D eigenvalue weighted by Crippen LogP contribution is 2.47. The summed E-state index contributed by atoms with van der Waals surface area (Å²) in [5.74, 6) is 0.806. The second kappa shape index (κ2) is 3.83. The van der Waals surface area contributed by atoms with Crippen molar-refractivity contribution in [3.63, 3.8) is 0 Å². The summed E-state index contributed by atoms with van der Waals surface area (Å²) in [4.78, 5) is 1.88. The molecule has 5 heteroatoms. The van der Waals surface area contributed by atoms with E-state index < -0.39 is 5.72 Å². The first kappa shape index (κ1) is 11.7. The molecule has 3 atom stereocenters. The summed E-state index contributed by atoms with van der Waals surface area (Å²) in [7, 11) is 1.89. The highest BCUT2D eigenvalue weighted by Gasteiger charge is 2.53. The molecule has 96 valence electrons. The van der Waals surface area contributed by atoms with Crippen molar-refractivity contribution in [2.24, 2.45) is 5.92 Å². The van der Waals surface area contributed by atoms with Crippen LogP contribution in [0.2, 0.25) is 0 Å². The van der Waals surface area contributed by atoms with E-state index in [2.05, 4.69) is 5.32 Å². The number of hydrogen-bond acceptors (Lipinski definition) is 3. The first-order chi connectivity index (χ1) is 8.58. The number of rotatable bonds is 1. The van der Waals surface area contributed by atoms with Crippen LogP contribution in [0, 0.1) is 5.92 Å². The lowest BCUT2D eigenvalue weighted by atomic mass is 9.80. The maximum absolute atomic E-state index is 9.70. The Morgan fingerprint density at radius 2 is 2.22 bits per heavy atom. The molecule has 0 amide bonds. The molecule has 0 aliphatic carbocycles. The minimum Gasteiger partial charge on any atom is -0.467 e. The van der Waals surface area contributed by atoms with Gasteiger partial charge in [0.25, 0.3) is 0 Å². The number of para-hydroxylation sites is 1.